The quantitative estimate of drug-likeness (QED) is 0.764. The normalized spacial score (nSPS) is 21.2. The Bertz CT molecular complexity index is 451. The standard InChI is InChI=1S/C16H23NO4S/c17-13(16(18)19)10-22-11-14(12-6-2-1-3-7-12)21-15-8-4-5-9-20-15/h1-3,6-7,13-15H,4-5,8-11,17H2,(H,18,19)/t13-,14?,15?/m0/s1. The smallest absolute Gasteiger partial charge is 0.321 e. The Balaban J connectivity index is 1.91. The van der Waals surface area contributed by atoms with E-state index in [0.29, 0.717) is 11.5 Å². The van der Waals surface area contributed by atoms with E-state index in [9.17, 15) is 4.79 Å². The highest BCUT2D eigenvalue weighted by molar-refractivity contribution is 7.99. The van der Waals surface area contributed by atoms with Crippen LogP contribution in [0.3, 0.4) is 0 Å². The van der Waals surface area contributed by atoms with Crippen LogP contribution >= 0.6 is 11.8 Å². The summed E-state index contributed by atoms with van der Waals surface area (Å²) in [6.07, 6.45) is 2.81. The SMILES string of the molecule is N[C@@H](CSCC(OC1CCCCO1)c1ccccc1)C(=O)O. The molecule has 1 aromatic carbocycles. The maximum Gasteiger partial charge on any atom is 0.321 e. The largest absolute Gasteiger partial charge is 0.480 e. The number of ether oxygens (including phenoxy) is 2. The molecule has 1 fully saturated rings. The van der Waals surface area contributed by atoms with Crippen molar-refractivity contribution in [1.82, 2.24) is 0 Å². The third-order valence-electron chi connectivity index (χ3n) is 3.51. The molecule has 0 saturated carbocycles. The monoisotopic (exact) mass is 325 g/mol. The lowest BCUT2D eigenvalue weighted by molar-refractivity contribution is -0.185. The molecule has 1 aliphatic rings. The zero-order valence-corrected chi connectivity index (χ0v) is 13.3. The van der Waals surface area contributed by atoms with Crippen LogP contribution in [0.25, 0.3) is 0 Å². The number of benzene rings is 1. The van der Waals surface area contributed by atoms with Gasteiger partial charge in [0.25, 0.3) is 0 Å². The number of thioether (sulfide) groups is 1. The first-order valence-corrected chi connectivity index (χ1v) is 8.70. The number of hydrogen-bond acceptors (Lipinski definition) is 5. The van der Waals surface area contributed by atoms with Gasteiger partial charge < -0.3 is 20.3 Å². The fraction of sp³-hybridized carbons (Fsp3) is 0.562. The second kappa shape index (κ2) is 9.15. The van der Waals surface area contributed by atoms with Gasteiger partial charge in [0, 0.05) is 18.1 Å². The van der Waals surface area contributed by atoms with Crippen molar-refractivity contribution in [3.05, 3.63) is 35.9 Å². The average molecular weight is 325 g/mol. The van der Waals surface area contributed by atoms with Gasteiger partial charge in [-0.1, -0.05) is 30.3 Å². The van der Waals surface area contributed by atoms with E-state index in [4.69, 9.17) is 20.3 Å². The number of hydrogen-bond donors (Lipinski definition) is 2. The molecule has 2 rings (SSSR count). The van der Waals surface area contributed by atoms with E-state index in [1.807, 2.05) is 30.3 Å². The summed E-state index contributed by atoms with van der Waals surface area (Å²) < 4.78 is 11.7. The first-order valence-electron chi connectivity index (χ1n) is 7.55. The van der Waals surface area contributed by atoms with E-state index in [1.54, 1.807) is 0 Å². The fourth-order valence-corrected chi connectivity index (χ4v) is 3.27. The summed E-state index contributed by atoms with van der Waals surface area (Å²) in [5, 5.41) is 8.84. The van der Waals surface area contributed by atoms with Crippen LogP contribution in [-0.2, 0) is 14.3 Å². The predicted octanol–water partition coefficient (Wildman–Crippen LogP) is 2.42. The number of carboxylic acid groups (broad SMARTS) is 1. The molecule has 3 N–H and O–H groups in total. The average Bonchev–Trinajstić information content (AvgIpc) is 2.55. The molecule has 0 spiro atoms. The predicted molar refractivity (Wildman–Crippen MR) is 86.8 cm³/mol. The number of carboxylic acids is 1. The van der Waals surface area contributed by atoms with Crippen molar-refractivity contribution < 1.29 is 19.4 Å². The van der Waals surface area contributed by atoms with E-state index in [0.717, 1.165) is 31.4 Å². The molecule has 122 valence electrons. The van der Waals surface area contributed by atoms with Gasteiger partial charge in [0.05, 0.1) is 6.10 Å². The molecule has 5 nitrogen and oxygen atoms in total. The van der Waals surface area contributed by atoms with Crippen molar-refractivity contribution >= 4 is 17.7 Å². The summed E-state index contributed by atoms with van der Waals surface area (Å²) in [6, 6.07) is 9.11. The summed E-state index contributed by atoms with van der Waals surface area (Å²) in [5.74, 6) is 0.0542. The molecule has 3 atom stereocenters. The lowest BCUT2D eigenvalue weighted by Crippen LogP contribution is -2.33. The van der Waals surface area contributed by atoms with Crippen molar-refractivity contribution in [2.45, 2.75) is 37.7 Å². The van der Waals surface area contributed by atoms with E-state index in [2.05, 4.69) is 0 Å². The van der Waals surface area contributed by atoms with Crippen LogP contribution in [0.15, 0.2) is 30.3 Å². The topological polar surface area (TPSA) is 81.8 Å². The lowest BCUT2D eigenvalue weighted by atomic mass is 10.1. The minimum atomic E-state index is -0.972. The molecule has 1 heterocycles. The second-order valence-corrected chi connectivity index (χ2v) is 6.39. The molecule has 1 saturated heterocycles. The van der Waals surface area contributed by atoms with Crippen LogP contribution in [-0.4, -0.2) is 41.5 Å². The van der Waals surface area contributed by atoms with Crippen LogP contribution < -0.4 is 5.73 Å². The Morgan fingerprint density at radius 2 is 2.14 bits per heavy atom. The third-order valence-corrected chi connectivity index (χ3v) is 4.64. The van der Waals surface area contributed by atoms with Crippen LogP contribution in [0, 0.1) is 0 Å². The van der Waals surface area contributed by atoms with Gasteiger partial charge in [0.2, 0.25) is 0 Å². The second-order valence-electron chi connectivity index (χ2n) is 5.31. The Kier molecular flexibility index (Phi) is 7.18. The minimum absolute atomic E-state index is 0.115. The minimum Gasteiger partial charge on any atom is -0.480 e. The van der Waals surface area contributed by atoms with Gasteiger partial charge in [0.15, 0.2) is 6.29 Å². The zero-order valence-electron chi connectivity index (χ0n) is 12.5. The number of nitrogens with two attached hydrogens (primary N) is 1. The maximum atomic E-state index is 10.8. The molecular weight excluding hydrogens is 302 g/mol. The maximum absolute atomic E-state index is 10.8. The summed E-state index contributed by atoms with van der Waals surface area (Å²) in [5.41, 5.74) is 6.62. The Labute approximate surface area is 135 Å². The lowest BCUT2D eigenvalue weighted by Gasteiger charge is -2.28. The third kappa shape index (κ3) is 5.61. The molecule has 0 amide bonds. The molecule has 6 heteroatoms. The molecule has 0 bridgehead atoms. The molecular formula is C16H23NO4S. The van der Waals surface area contributed by atoms with Gasteiger partial charge in [-0.15, -0.1) is 0 Å². The Hall–Kier alpha value is -1.08. The van der Waals surface area contributed by atoms with E-state index in [-0.39, 0.29) is 12.4 Å². The van der Waals surface area contributed by atoms with Crippen molar-refractivity contribution in [2.24, 2.45) is 5.73 Å². The molecule has 2 unspecified atom stereocenters. The molecule has 22 heavy (non-hydrogen) atoms. The molecule has 0 radical (unpaired) electrons. The van der Waals surface area contributed by atoms with Gasteiger partial charge in [-0.05, 0) is 24.8 Å². The fourth-order valence-electron chi connectivity index (χ4n) is 2.26. The first kappa shape index (κ1) is 17.3. The van der Waals surface area contributed by atoms with Gasteiger partial charge in [-0.25, -0.2) is 0 Å². The van der Waals surface area contributed by atoms with Gasteiger partial charge in [-0.3, -0.25) is 4.79 Å². The first-order chi connectivity index (χ1) is 10.7. The van der Waals surface area contributed by atoms with E-state index < -0.39 is 12.0 Å². The Morgan fingerprint density at radius 1 is 1.36 bits per heavy atom. The van der Waals surface area contributed by atoms with Gasteiger partial charge in [0.1, 0.15) is 6.04 Å². The summed E-state index contributed by atoms with van der Waals surface area (Å²) in [7, 11) is 0. The van der Waals surface area contributed by atoms with Crippen molar-refractivity contribution in [2.75, 3.05) is 18.1 Å². The zero-order chi connectivity index (χ0) is 15.8. The summed E-state index contributed by atoms with van der Waals surface area (Å²) >= 11 is 1.49. The number of carbonyl (C=O) groups is 1. The van der Waals surface area contributed by atoms with Crippen LogP contribution in [0.2, 0.25) is 0 Å². The highest BCUT2D eigenvalue weighted by Crippen LogP contribution is 2.27. The highest BCUT2D eigenvalue weighted by atomic mass is 32.2. The van der Waals surface area contributed by atoms with E-state index >= 15 is 0 Å². The van der Waals surface area contributed by atoms with Crippen molar-refractivity contribution in [3.8, 4) is 0 Å². The van der Waals surface area contributed by atoms with Gasteiger partial charge >= 0.3 is 5.97 Å². The summed E-state index contributed by atoms with van der Waals surface area (Å²) in [6.45, 7) is 0.739. The molecule has 0 aliphatic carbocycles. The van der Waals surface area contributed by atoms with Crippen molar-refractivity contribution in [3.63, 3.8) is 0 Å². The van der Waals surface area contributed by atoms with Crippen molar-refractivity contribution in [1.29, 1.82) is 0 Å². The molecule has 0 aromatic heterocycles. The van der Waals surface area contributed by atoms with E-state index in [1.165, 1.54) is 11.8 Å². The summed E-state index contributed by atoms with van der Waals surface area (Å²) in [4.78, 5) is 10.8. The van der Waals surface area contributed by atoms with Gasteiger partial charge in [-0.2, -0.15) is 11.8 Å². The van der Waals surface area contributed by atoms with Crippen LogP contribution in [0.1, 0.15) is 30.9 Å². The van der Waals surface area contributed by atoms with Crippen LogP contribution in [0.4, 0.5) is 0 Å². The molecule has 1 aromatic rings. The highest BCUT2D eigenvalue weighted by Gasteiger charge is 2.22. The number of aliphatic carboxylic acids is 1. The molecule has 1 aliphatic heterocycles. The van der Waals surface area contributed by atoms with Crippen LogP contribution in [0.5, 0.6) is 0 Å². The Morgan fingerprint density at radius 3 is 2.77 bits per heavy atom. The number of rotatable bonds is 8.